The zero-order valence-corrected chi connectivity index (χ0v) is 19.3. The third kappa shape index (κ3) is 4.49. The summed E-state index contributed by atoms with van der Waals surface area (Å²) in [6, 6.07) is 20.5. The molecule has 4 heterocycles. The van der Waals surface area contributed by atoms with Crippen LogP contribution in [0.4, 0.5) is 22.2 Å². The molecule has 10 nitrogen and oxygen atoms in total. The predicted molar refractivity (Wildman–Crippen MR) is 137 cm³/mol. The number of hydrogen-bond acceptors (Lipinski definition) is 7. The molecule has 1 aliphatic rings. The van der Waals surface area contributed by atoms with Crippen molar-refractivity contribution in [2.24, 2.45) is 0 Å². The van der Waals surface area contributed by atoms with Gasteiger partial charge >= 0.3 is 6.03 Å². The van der Waals surface area contributed by atoms with Crippen LogP contribution in [0.2, 0.25) is 0 Å². The van der Waals surface area contributed by atoms with Crippen LogP contribution in [0, 0.1) is 0 Å². The number of morpholine rings is 1. The van der Waals surface area contributed by atoms with Gasteiger partial charge in [-0.2, -0.15) is 0 Å². The summed E-state index contributed by atoms with van der Waals surface area (Å²) in [5.41, 5.74) is 4.87. The molecule has 1 aliphatic heterocycles. The van der Waals surface area contributed by atoms with E-state index in [0.29, 0.717) is 24.6 Å². The van der Waals surface area contributed by atoms with Crippen LogP contribution in [0.25, 0.3) is 33.5 Å². The van der Waals surface area contributed by atoms with Crippen molar-refractivity contribution in [1.82, 2.24) is 20.1 Å². The average Bonchev–Trinajstić information content (AvgIpc) is 3.57. The number of anilines is 3. The smallest absolute Gasteiger partial charge is 0.326 e. The summed E-state index contributed by atoms with van der Waals surface area (Å²) in [5.74, 6) is 1.17. The minimum absolute atomic E-state index is 0.262. The number of aromatic nitrogens is 4. The number of nitrogens with zero attached hydrogens (tertiary/aromatic N) is 4. The molecule has 0 bridgehead atoms. The molecule has 6 rings (SSSR count). The quantitative estimate of drug-likeness (QED) is 0.331. The van der Waals surface area contributed by atoms with Gasteiger partial charge in [0.25, 0.3) is 0 Å². The Morgan fingerprint density at radius 3 is 2.53 bits per heavy atom. The van der Waals surface area contributed by atoms with Gasteiger partial charge in [-0.15, -0.1) is 0 Å². The van der Waals surface area contributed by atoms with E-state index < -0.39 is 6.03 Å². The Morgan fingerprint density at radius 1 is 0.917 bits per heavy atom. The van der Waals surface area contributed by atoms with Gasteiger partial charge in [0.1, 0.15) is 23.5 Å². The van der Waals surface area contributed by atoms with Crippen molar-refractivity contribution in [2.45, 2.75) is 0 Å². The highest BCUT2D eigenvalue weighted by Gasteiger charge is 2.17. The standard InChI is InChI=1S/C26H23N7O3/c34-26(31-23-15-22(32-36-23)17-4-2-1-3-5-17)29-19-8-6-18(7-9-19)21-14-20-24(30-21)27-16-28-25(20)33-10-12-35-13-11-33/h1-9,14-16H,10-13H2,(H,27,28,30)(H2,29,31,34). The molecule has 1 fully saturated rings. The van der Waals surface area contributed by atoms with Crippen molar-refractivity contribution in [3.05, 3.63) is 73.1 Å². The van der Waals surface area contributed by atoms with Gasteiger partial charge in [0.05, 0.1) is 18.6 Å². The minimum Gasteiger partial charge on any atom is -0.378 e. The summed E-state index contributed by atoms with van der Waals surface area (Å²) >= 11 is 0. The highest BCUT2D eigenvalue weighted by Crippen LogP contribution is 2.30. The van der Waals surface area contributed by atoms with Crippen LogP contribution in [0.5, 0.6) is 0 Å². The number of benzene rings is 2. The molecule has 0 unspecified atom stereocenters. The third-order valence-corrected chi connectivity index (χ3v) is 5.99. The molecular formula is C26H23N7O3. The predicted octanol–water partition coefficient (Wildman–Crippen LogP) is 4.76. The molecule has 2 amide bonds. The Labute approximate surface area is 206 Å². The van der Waals surface area contributed by atoms with E-state index in [2.05, 4.69) is 41.7 Å². The van der Waals surface area contributed by atoms with E-state index in [9.17, 15) is 4.79 Å². The maximum atomic E-state index is 12.4. The number of fused-ring (bicyclic) bond motifs is 1. The fraction of sp³-hybridized carbons (Fsp3) is 0.154. The lowest BCUT2D eigenvalue weighted by atomic mass is 10.1. The van der Waals surface area contributed by atoms with Crippen LogP contribution >= 0.6 is 0 Å². The second-order valence-corrected chi connectivity index (χ2v) is 8.34. The average molecular weight is 482 g/mol. The first-order valence-electron chi connectivity index (χ1n) is 11.6. The highest BCUT2D eigenvalue weighted by molar-refractivity contribution is 5.99. The Hall–Kier alpha value is -4.70. The lowest BCUT2D eigenvalue weighted by molar-refractivity contribution is 0.122. The Morgan fingerprint density at radius 2 is 1.72 bits per heavy atom. The van der Waals surface area contributed by atoms with Crippen LogP contribution < -0.4 is 15.5 Å². The van der Waals surface area contributed by atoms with E-state index in [1.165, 1.54) is 0 Å². The van der Waals surface area contributed by atoms with Gasteiger partial charge in [-0.05, 0) is 23.8 Å². The second-order valence-electron chi connectivity index (χ2n) is 8.34. The number of ether oxygens (including phenoxy) is 1. The highest BCUT2D eigenvalue weighted by atomic mass is 16.5. The summed E-state index contributed by atoms with van der Waals surface area (Å²) in [5, 5.41) is 10.5. The van der Waals surface area contributed by atoms with Gasteiger partial charge in [0.2, 0.25) is 5.88 Å². The van der Waals surface area contributed by atoms with Gasteiger partial charge in [-0.1, -0.05) is 47.6 Å². The normalized spacial score (nSPS) is 13.6. The lowest BCUT2D eigenvalue weighted by Crippen LogP contribution is -2.36. The van der Waals surface area contributed by atoms with Crippen molar-refractivity contribution in [3.8, 4) is 22.5 Å². The van der Waals surface area contributed by atoms with Crippen LogP contribution in [0.3, 0.4) is 0 Å². The zero-order valence-electron chi connectivity index (χ0n) is 19.3. The molecule has 0 atom stereocenters. The van der Waals surface area contributed by atoms with Gasteiger partial charge < -0.3 is 24.5 Å². The maximum Gasteiger partial charge on any atom is 0.326 e. The SMILES string of the molecule is O=C(Nc1ccc(-c2cc3c(N4CCOCC4)ncnc3[nH]2)cc1)Nc1cc(-c2ccccc2)no1. The molecule has 180 valence electrons. The Kier molecular flexibility index (Phi) is 5.76. The van der Waals surface area contributed by atoms with Gasteiger partial charge in [0.15, 0.2) is 0 Å². The summed E-state index contributed by atoms with van der Waals surface area (Å²) < 4.78 is 10.7. The summed E-state index contributed by atoms with van der Waals surface area (Å²) in [4.78, 5) is 26.9. The largest absolute Gasteiger partial charge is 0.378 e. The molecule has 0 aliphatic carbocycles. The first-order valence-corrected chi connectivity index (χ1v) is 11.6. The monoisotopic (exact) mass is 481 g/mol. The fourth-order valence-corrected chi connectivity index (χ4v) is 4.20. The molecule has 0 spiro atoms. The fourth-order valence-electron chi connectivity index (χ4n) is 4.20. The van der Waals surface area contributed by atoms with E-state index >= 15 is 0 Å². The number of amides is 2. The van der Waals surface area contributed by atoms with Crippen LogP contribution in [0.15, 0.2) is 77.6 Å². The van der Waals surface area contributed by atoms with Crippen LogP contribution in [-0.2, 0) is 4.74 Å². The molecule has 36 heavy (non-hydrogen) atoms. The number of aromatic amines is 1. The molecule has 1 saturated heterocycles. The molecular weight excluding hydrogens is 458 g/mol. The number of carbonyl (C=O) groups is 1. The van der Waals surface area contributed by atoms with Crippen LogP contribution in [-0.4, -0.2) is 52.4 Å². The van der Waals surface area contributed by atoms with Gasteiger partial charge in [-0.25, -0.2) is 14.8 Å². The lowest BCUT2D eigenvalue weighted by Gasteiger charge is -2.27. The number of rotatable bonds is 5. The molecule has 5 aromatic rings. The Balaban J connectivity index is 1.14. The third-order valence-electron chi connectivity index (χ3n) is 5.99. The van der Waals surface area contributed by atoms with E-state index in [0.717, 1.165) is 46.8 Å². The summed E-state index contributed by atoms with van der Waals surface area (Å²) in [7, 11) is 0. The van der Waals surface area contributed by atoms with Crippen molar-refractivity contribution in [3.63, 3.8) is 0 Å². The van der Waals surface area contributed by atoms with E-state index in [1.54, 1.807) is 12.4 Å². The number of carbonyl (C=O) groups excluding carboxylic acids is 1. The summed E-state index contributed by atoms with van der Waals surface area (Å²) in [6.45, 7) is 2.98. The molecule has 10 heteroatoms. The van der Waals surface area contributed by atoms with Crippen LogP contribution in [0.1, 0.15) is 0 Å². The maximum absolute atomic E-state index is 12.4. The van der Waals surface area contributed by atoms with Crippen molar-refractivity contribution < 1.29 is 14.1 Å². The summed E-state index contributed by atoms with van der Waals surface area (Å²) in [6.07, 6.45) is 1.58. The molecule has 0 saturated carbocycles. The topological polar surface area (TPSA) is 121 Å². The number of nitrogens with one attached hydrogen (secondary N) is 3. The molecule has 3 N–H and O–H groups in total. The van der Waals surface area contributed by atoms with E-state index in [1.807, 2.05) is 54.6 Å². The van der Waals surface area contributed by atoms with Gasteiger partial charge in [0, 0.05) is 36.1 Å². The zero-order chi connectivity index (χ0) is 24.3. The number of H-pyrrole nitrogens is 1. The number of hydrogen-bond donors (Lipinski definition) is 3. The van der Waals surface area contributed by atoms with Crippen molar-refractivity contribution in [2.75, 3.05) is 41.8 Å². The van der Waals surface area contributed by atoms with Crippen molar-refractivity contribution >= 4 is 34.5 Å². The first-order chi connectivity index (χ1) is 17.7. The minimum atomic E-state index is -0.422. The Bertz CT molecular complexity index is 1490. The molecule has 0 radical (unpaired) electrons. The van der Waals surface area contributed by atoms with E-state index in [-0.39, 0.29) is 5.88 Å². The second kappa shape index (κ2) is 9.51. The van der Waals surface area contributed by atoms with E-state index in [4.69, 9.17) is 9.26 Å². The number of urea groups is 1. The van der Waals surface area contributed by atoms with Gasteiger partial charge in [-0.3, -0.25) is 5.32 Å². The molecule has 2 aromatic carbocycles. The first kappa shape index (κ1) is 21.8. The van der Waals surface area contributed by atoms with Crippen molar-refractivity contribution in [1.29, 1.82) is 0 Å². The molecule has 3 aromatic heterocycles.